The summed E-state index contributed by atoms with van der Waals surface area (Å²) < 4.78 is 5.03. The zero-order chi connectivity index (χ0) is 10.8. The summed E-state index contributed by atoms with van der Waals surface area (Å²) in [6.07, 6.45) is 2.66. The Bertz CT molecular complexity index is 219. The Labute approximate surface area is 98.2 Å². The van der Waals surface area contributed by atoms with E-state index >= 15 is 0 Å². The second-order valence-corrected chi connectivity index (χ2v) is 4.83. The fourth-order valence-corrected chi connectivity index (χ4v) is 2.12. The normalized spacial score (nSPS) is 29.1. The average molecular weight is 236 g/mol. The highest BCUT2D eigenvalue weighted by molar-refractivity contribution is 5.85. The van der Waals surface area contributed by atoms with Crippen LogP contribution in [0.1, 0.15) is 40.0 Å². The maximum Gasteiger partial charge on any atom is 0.308 e. The van der Waals surface area contributed by atoms with Gasteiger partial charge >= 0.3 is 5.97 Å². The smallest absolute Gasteiger partial charge is 0.308 e. The topological polar surface area (TPSA) is 52.3 Å². The summed E-state index contributed by atoms with van der Waals surface area (Å²) in [7, 11) is 0. The van der Waals surface area contributed by atoms with Crippen LogP contribution in [-0.2, 0) is 9.53 Å². The zero-order valence-electron chi connectivity index (χ0n) is 9.79. The van der Waals surface area contributed by atoms with Crippen LogP contribution in [0.25, 0.3) is 0 Å². The highest BCUT2D eigenvalue weighted by Gasteiger charge is 2.37. The van der Waals surface area contributed by atoms with Crippen LogP contribution in [0.4, 0.5) is 0 Å². The molecule has 4 heteroatoms. The first-order chi connectivity index (χ1) is 6.47. The highest BCUT2D eigenvalue weighted by Crippen LogP contribution is 2.38. The van der Waals surface area contributed by atoms with Crippen LogP contribution in [0.2, 0.25) is 0 Å². The van der Waals surface area contributed by atoms with E-state index in [0.717, 1.165) is 19.3 Å². The number of carbonyl (C=O) groups is 1. The number of hydrogen-bond acceptors (Lipinski definition) is 3. The lowest BCUT2D eigenvalue weighted by Gasteiger charge is -2.39. The molecule has 0 aromatic heterocycles. The van der Waals surface area contributed by atoms with Crippen molar-refractivity contribution < 1.29 is 9.53 Å². The second kappa shape index (κ2) is 5.71. The summed E-state index contributed by atoms with van der Waals surface area (Å²) in [5, 5.41) is 0. The van der Waals surface area contributed by atoms with Gasteiger partial charge in [-0.3, -0.25) is 4.79 Å². The van der Waals surface area contributed by atoms with Gasteiger partial charge in [0.05, 0.1) is 12.5 Å². The highest BCUT2D eigenvalue weighted by atomic mass is 35.5. The molecule has 0 radical (unpaired) electrons. The maximum absolute atomic E-state index is 11.5. The largest absolute Gasteiger partial charge is 0.466 e. The van der Waals surface area contributed by atoms with Gasteiger partial charge < -0.3 is 10.5 Å². The summed E-state index contributed by atoms with van der Waals surface area (Å²) in [5.41, 5.74) is 6.06. The summed E-state index contributed by atoms with van der Waals surface area (Å²) in [5.74, 6) is 0.0113. The first-order valence-corrected chi connectivity index (χ1v) is 5.39. The van der Waals surface area contributed by atoms with Crippen LogP contribution in [0.5, 0.6) is 0 Å². The Hall–Kier alpha value is -0.280. The Balaban J connectivity index is 0.00000196. The number of rotatable bonds is 2. The summed E-state index contributed by atoms with van der Waals surface area (Å²) >= 11 is 0. The van der Waals surface area contributed by atoms with Crippen LogP contribution in [0.3, 0.4) is 0 Å². The van der Waals surface area contributed by atoms with E-state index in [-0.39, 0.29) is 35.8 Å². The molecule has 0 spiro atoms. The maximum atomic E-state index is 11.5. The van der Waals surface area contributed by atoms with Gasteiger partial charge in [-0.1, -0.05) is 13.8 Å². The molecule has 0 bridgehead atoms. The molecule has 2 N–H and O–H groups in total. The van der Waals surface area contributed by atoms with Crippen LogP contribution in [0, 0.1) is 11.3 Å². The molecule has 1 aliphatic rings. The third kappa shape index (κ3) is 3.65. The van der Waals surface area contributed by atoms with Crippen molar-refractivity contribution in [2.24, 2.45) is 17.1 Å². The van der Waals surface area contributed by atoms with Gasteiger partial charge in [-0.25, -0.2) is 0 Å². The van der Waals surface area contributed by atoms with Gasteiger partial charge in [0.1, 0.15) is 0 Å². The lowest BCUT2D eigenvalue weighted by Crippen LogP contribution is -2.44. The summed E-state index contributed by atoms with van der Waals surface area (Å²) in [6.45, 7) is 6.57. The summed E-state index contributed by atoms with van der Waals surface area (Å²) in [4.78, 5) is 11.5. The van der Waals surface area contributed by atoms with Gasteiger partial charge in [-0.2, -0.15) is 0 Å². The van der Waals surface area contributed by atoms with Crippen LogP contribution in [0.15, 0.2) is 0 Å². The Morgan fingerprint density at radius 2 is 2.07 bits per heavy atom. The number of esters is 1. The van der Waals surface area contributed by atoms with E-state index in [1.165, 1.54) is 0 Å². The van der Waals surface area contributed by atoms with E-state index in [9.17, 15) is 4.79 Å². The predicted octanol–water partition coefficient (Wildman–Crippen LogP) is 2.12. The molecule has 90 valence electrons. The van der Waals surface area contributed by atoms with E-state index in [1.54, 1.807) is 0 Å². The minimum atomic E-state index is -0.0486. The van der Waals surface area contributed by atoms with E-state index in [2.05, 4.69) is 13.8 Å². The van der Waals surface area contributed by atoms with Gasteiger partial charge in [0.2, 0.25) is 0 Å². The van der Waals surface area contributed by atoms with Gasteiger partial charge in [-0.15, -0.1) is 12.4 Å². The molecule has 1 saturated carbocycles. The molecule has 1 rings (SSSR count). The van der Waals surface area contributed by atoms with Gasteiger partial charge in [-0.05, 0) is 31.6 Å². The van der Waals surface area contributed by atoms with Crippen LogP contribution < -0.4 is 5.73 Å². The molecule has 15 heavy (non-hydrogen) atoms. The molecule has 0 saturated heterocycles. The third-order valence-corrected chi connectivity index (χ3v) is 3.22. The van der Waals surface area contributed by atoms with E-state index in [1.807, 2.05) is 6.92 Å². The Kier molecular flexibility index (Phi) is 5.60. The molecular formula is C11H22ClNO2. The van der Waals surface area contributed by atoms with Crippen LogP contribution in [-0.4, -0.2) is 18.6 Å². The third-order valence-electron chi connectivity index (χ3n) is 3.22. The van der Waals surface area contributed by atoms with Crippen molar-refractivity contribution in [1.82, 2.24) is 0 Å². The molecule has 0 aliphatic heterocycles. The molecule has 1 fully saturated rings. The first kappa shape index (κ1) is 14.7. The Morgan fingerprint density at radius 3 is 2.53 bits per heavy atom. The number of ether oxygens (including phenoxy) is 1. The lowest BCUT2D eigenvalue weighted by molar-refractivity contribution is -0.150. The van der Waals surface area contributed by atoms with Crippen molar-refractivity contribution in [3.63, 3.8) is 0 Å². The molecule has 0 heterocycles. The number of hydrogen-bond donors (Lipinski definition) is 1. The number of halogens is 1. The van der Waals surface area contributed by atoms with Crippen molar-refractivity contribution in [2.75, 3.05) is 6.61 Å². The molecule has 3 nitrogen and oxygen atoms in total. The van der Waals surface area contributed by atoms with Crippen molar-refractivity contribution in [3.05, 3.63) is 0 Å². The average Bonchev–Trinajstić information content (AvgIpc) is 2.10. The van der Waals surface area contributed by atoms with Gasteiger partial charge in [0.25, 0.3) is 0 Å². The predicted molar refractivity (Wildman–Crippen MR) is 63.0 cm³/mol. The molecular weight excluding hydrogens is 214 g/mol. The van der Waals surface area contributed by atoms with Crippen molar-refractivity contribution in [3.8, 4) is 0 Å². The molecule has 0 aromatic carbocycles. The van der Waals surface area contributed by atoms with E-state index in [0.29, 0.717) is 6.61 Å². The molecule has 0 amide bonds. The molecule has 2 atom stereocenters. The zero-order valence-corrected chi connectivity index (χ0v) is 10.6. The van der Waals surface area contributed by atoms with Gasteiger partial charge in [0.15, 0.2) is 0 Å². The van der Waals surface area contributed by atoms with E-state index < -0.39 is 0 Å². The van der Waals surface area contributed by atoms with Crippen LogP contribution >= 0.6 is 12.4 Å². The minimum Gasteiger partial charge on any atom is -0.466 e. The van der Waals surface area contributed by atoms with E-state index in [4.69, 9.17) is 10.5 Å². The van der Waals surface area contributed by atoms with Crippen molar-refractivity contribution in [1.29, 1.82) is 0 Å². The first-order valence-electron chi connectivity index (χ1n) is 5.39. The number of nitrogens with two attached hydrogens (primary N) is 1. The fourth-order valence-electron chi connectivity index (χ4n) is 2.12. The van der Waals surface area contributed by atoms with Crippen molar-refractivity contribution >= 4 is 18.4 Å². The Morgan fingerprint density at radius 1 is 1.47 bits per heavy atom. The molecule has 1 aliphatic carbocycles. The number of carbonyl (C=O) groups excluding carboxylic acids is 1. The molecule has 0 aromatic rings. The monoisotopic (exact) mass is 235 g/mol. The fraction of sp³-hybridized carbons (Fsp3) is 0.909. The standard InChI is InChI=1S/C11H21NO2.ClH/c1-4-14-10(13)8-5-6-9(12)11(2,3)7-8;/h8-9H,4-7,12H2,1-3H3;1H/t8-,9-;/m0./s1. The van der Waals surface area contributed by atoms with Crippen molar-refractivity contribution in [2.45, 2.75) is 46.1 Å². The second-order valence-electron chi connectivity index (χ2n) is 4.83. The SMILES string of the molecule is CCOC(=O)[C@H]1CC[C@H](N)C(C)(C)C1.Cl. The van der Waals surface area contributed by atoms with Gasteiger partial charge in [0, 0.05) is 6.04 Å². The minimum absolute atomic E-state index is 0. The summed E-state index contributed by atoms with van der Waals surface area (Å²) in [6, 6.07) is 0.216. The quantitative estimate of drug-likeness (QED) is 0.746. The molecule has 0 unspecified atom stereocenters. The lowest BCUT2D eigenvalue weighted by atomic mass is 9.69.